The number of aliphatic imine (C=N–C) groups is 1. The van der Waals surface area contributed by atoms with Crippen molar-refractivity contribution in [3.8, 4) is 0 Å². The minimum atomic E-state index is -0.586. The molecule has 1 saturated heterocycles. The predicted octanol–water partition coefficient (Wildman–Crippen LogP) is 5.25. The van der Waals surface area contributed by atoms with Gasteiger partial charge in [-0.05, 0) is 70.2 Å². The summed E-state index contributed by atoms with van der Waals surface area (Å²) >= 11 is 6.07. The Morgan fingerprint density at radius 1 is 1.31 bits per heavy atom. The van der Waals surface area contributed by atoms with E-state index in [2.05, 4.69) is 4.99 Å². The van der Waals surface area contributed by atoms with Gasteiger partial charge in [0.25, 0.3) is 5.91 Å². The lowest BCUT2D eigenvalue weighted by atomic mass is 10.00. The van der Waals surface area contributed by atoms with Gasteiger partial charge < -0.3 is 14.1 Å². The maximum absolute atomic E-state index is 13.2. The molecule has 4 rings (SSSR count). The van der Waals surface area contributed by atoms with Crippen LogP contribution >= 0.6 is 11.6 Å². The van der Waals surface area contributed by atoms with Gasteiger partial charge in [-0.25, -0.2) is 4.79 Å². The van der Waals surface area contributed by atoms with E-state index >= 15 is 0 Å². The van der Waals surface area contributed by atoms with E-state index in [9.17, 15) is 9.59 Å². The fourth-order valence-corrected chi connectivity index (χ4v) is 4.62. The van der Waals surface area contributed by atoms with Crippen LogP contribution in [0.4, 0.5) is 4.79 Å². The van der Waals surface area contributed by atoms with Crippen LogP contribution in [0.5, 0.6) is 0 Å². The number of hydrogen-bond donors (Lipinski definition) is 0. The number of hydrogen-bond acceptors (Lipinski definition) is 4. The van der Waals surface area contributed by atoms with Crippen molar-refractivity contribution in [2.75, 3.05) is 6.54 Å². The molecule has 3 atom stereocenters. The quantitative estimate of drug-likeness (QED) is 0.626. The highest BCUT2D eigenvalue weighted by molar-refractivity contribution is 6.30. The normalized spacial score (nSPS) is 24.0. The first-order chi connectivity index (χ1) is 13.6. The van der Waals surface area contributed by atoms with Crippen LogP contribution in [0.2, 0.25) is 5.22 Å². The van der Waals surface area contributed by atoms with Gasteiger partial charge in [-0.2, -0.15) is 4.99 Å². The highest BCUT2D eigenvalue weighted by Gasteiger charge is 2.48. The van der Waals surface area contributed by atoms with Gasteiger partial charge in [-0.15, -0.1) is 0 Å². The molecule has 2 heterocycles. The Morgan fingerprint density at radius 2 is 2.07 bits per heavy atom. The number of furan rings is 1. The summed E-state index contributed by atoms with van der Waals surface area (Å²) in [5.41, 5.74) is 1.50. The van der Waals surface area contributed by atoms with Gasteiger partial charge in [0.15, 0.2) is 5.22 Å². The predicted molar refractivity (Wildman–Crippen MR) is 112 cm³/mol. The topological polar surface area (TPSA) is 72.1 Å². The van der Waals surface area contributed by atoms with Crippen LogP contribution in [0, 0.1) is 18.8 Å². The van der Waals surface area contributed by atoms with Crippen molar-refractivity contribution in [2.24, 2.45) is 16.8 Å². The number of aryl methyl sites for hydroxylation is 1. The second-order valence-electron chi connectivity index (χ2n) is 8.91. The van der Waals surface area contributed by atoms with Crippen LogP contribution in [0.15, 0.2) is 27.6 Å². The standard InChI is InChI=1S/C22H25ClN2O4/c1-12-15-7-5-13(9-18(15)28-19(12)23)20(26)25-11-14-6-8-17(25)16(14)10-24-21(27)29-22(2,3)4/h5,7,9-10,14,16-17H,6,8,11H2,1-4H3/t14?,16-,17?/m1/s1. The summed E-state index contributed by atoms with van der Waals surface area (Å²) in [7, 11) is 0. The number of halogens is 1. The first-order valence-electron chi connectivity index (χ1n) is 9.91. The van der Waals surface area contributed by atoms with Crippen molar-refractivity contribution in [1.82, 2.24) is 4.90 Å². The Bertz CT molecular complexity index is 1000. The highest BCUT2D eigenvalue weighted by atomic mass is 35.5. The van der Waals surface area contributed by atoms with Gasteiger partial charge in [-0.3, -0.25) is 4.79 Å². The highest BCUT2D eigenvalue weighted by Crippen LogP contribution is 2.42. The molecule has 1 aliphatic heterocycles. The van der Waals surface area contributed by atoms with E-state index in [-0.39, 0.29) is 17.9 Å². The molecule has 2 amide bonds. The molecule has 2 aliphatic rings. The summed E-state index contributed by atoms with van der Waals surface area (Å²) in [6.45, 7) is 7.99. The number of amides is 2. The first kappa shape index (κ1) is 20.0. The van der Waals surface area contributed by atoms with Crippen molar-refractivity contribution in [1.29, 1.82) is 0 Å². The molecule has 2 bridgehead atoms. The number of benzene rings is 1. The molecule has 1 saturated carbocycles. The number of piperidine rings is 1. The SMILES string of the molecule is Cc1c(Cl)oc2cc(C(=O)N3CC4CCC3[C@@H]4C=NC(=O)OC(C)(C)C)ccc12. The van der Waals surface area contributed by atoms with Gasteiger partial charge in [0.2, 0.25) is 0 Å². The Kier molecular flexibility index (Phi) is 4.93. The summed E-state index contributed by atoms with van der Waals surface area (Å²) in [5, 5.41) is 1.26. The van der Waals surface area contributed by atoms with Gasteiger partial charge in [-0.1, -0.05) is 6.07 Å². The van der Waals surface area contributed by atoms with Crippen molar-refractivity contribution >= 4 is 40.8 Å². The van der Waals surface area contributed by atoms with Crippen LogP contribution in [0.1, 0.15) is 49.5 Å². The molecular weight excluding hydrogens is 392 g/mol. The first-order valence-corrected chi connectivity index (χ1v) is 10.3. The van der Waals surface area contributed by atoms with Gasteiger partial charge >= 0.3 is 6.09 Å². The van der Waals surface area contributed by atoms with Crippen molar-refractivity contribution in [3.05, 3.63) is 34.5 Å². The third kappa shape index (κ3) is 3.78. The van der Waals surface area contributed by atoms with E-state index in [1.54, 1.807) is 12.3 Å². The number of carbonyl (C=O) groups is 2. The molecule has 0 radical (unpaired) electrons. The average Bonchev–Trinajstić information content (AvgIpc) is 3.29. The van der Waals surface area contributed by atoms with Crippen LogP contribution in [-0.4, -0.2) is 41.3 Å². The van der Waals surface area contributed by atoms with E-state index in [4.69, 9.17) is 20.8 Å². The number of nitrogens with zero attached hydrogens (tertiary/aromatic N) is 2. The number of fused-ring (bicyclic) bond motifs is 3. The van der Waals surface area contributed by atoms with Crippen LogP contribution in [0.3, 0.4) is 0 Å². The average molecular weight is 417 g/mol. The number of rotatable bonds is 2. The van der Waals surface area contributed by atoms with E-state index < -0.39 is 11.7 Å². The third-order valence-electron chi connectivity index (χ3n) is 5.79. The zero-order valence-electron chi connectivity index (χ0n) is 17.1. The summed E-state index contributed by atoms with van der Waals surface area (Å²) in [6.07, 6.45) is 3.04. The monoisotopic (exact) mass is 416 g/mol. The molecule has 1 aliphatic carbocycles. The van der Waals surface area contributed by atoms with Crippen LogP contribution in [-0.2, 0) is 4.74 Å². The second kappa shape index (κ2) is 7.17. The maximum Gasteiger partial charge on any atom is 0.433 e. The minimum Gasteiger partial charge on any atom is -0.444 e. The van der Waals surface area contributed by atoms with E-state index in [0.29, 0.717) is 28.8 Å². The Labute approximate surface area is 174 Å². The minimum absolute atomic E-state index is 0.0278. The molecule has 2 aromatic rings. The summed E-state index contributed by atoms with van der Waals surface area (Å²) in [6, 6.07) is 5.51. The van der Waals surface area contributed by atoms with Gasteiger partial charge in [0.1, 0.15) is 11.2 Å². The smallest absolute Gasteiger partial charge is 0.433 e. The third-order valence-corrected chi connectivity index (χ3v) is 6.15. The zero-order valence-corrected chi connectivity index (χ0v) is 17.8. The van der Waals surface area contributed by atoms with E-state index in [1.807, 2.05) is 44.7 Å². The molecule has 2 unspecified atom stereocenters. The number of likely N-dealkylation sites (tertiary alicyclic amines) is 1. The molecule has 2 fully saturated rings. The molecule has 154 valence electrons. The van der Waals surface area contributed by atoms with Crippen LogP contribution < -0.4 is 0 Å². The fourth-order valence-electron chi connectivity index (χ4n) is 4.43. The van der Waals surface area contributed by atoms with E-state index in [0.717, 1.165) is 23.8 Å². The molecule has 6 nitrogen and oxygen atoms in total. The molecule has 7 heteroatoms. The molecule has 29 heavy (non-hydrogen) atoms. The molecule has 0 spiro atoms. The molecule has 1 aromatic carbocycles. The molecular formula is C22H25ClN2O4. The molecule has 1 aromatic heterocycles. The number of carbonyl (C=O) groups excluding carboxylic acids is 2. The number of ether oxygens (including phenoxy) is 1. The second-order valence-corrected chi connectivity index (χ2v) is 9.25. The Hall–Kier alpha value is -2.34. The summed E-state index contributed by atoms with van der Waals surface area (Å²) < 4.78 is 10.8. The Balaban J connectivity index is 1.50. The summed E-state index contributed by atoms with van der Waals surface area (Å²) in [5.74, 6) is 0.370. The van der Waals surface area contributed by atoms with E-state index in [1.165, 1.54) is 0 Å². The summed E-state index contributed by atoms with van der Waals surface area (Å²) in [4.78, 5) is 31.0. The largest absolute Gasteiger partial charge is 0.444 e. The molecule has 0 N–H and O–H groups in total. The van der Waals surface area contributed by atoms with Gasteiger partial charge in [0.05, 0.1) is 0 Å². The van der Waals surface area contributed by atoms with Crippen LogP contribution in [0.25, 0.3) is 11.0 Å². The zero-order chi connectivity index (χ0) is 20.9. The van der Waals surface area contributed by atoms with Crippen molar-refractivity contribution in [2.45, 2.75) is 52.2 Å². The van der Waals surface area contributed by atoms with Crippen molar-refractivity contribution in [3.63, 3.8) is 0 Å². The lowest BCUT2D eigenvalue weighted by Crippen LogP contribution is -2.38. The lowest BCUT2D eigenvalue weighted by molar-refractivity contribution is 0.0604. The fraction of sp³-hybridized carbons (Fsp3) is 0.500. The van der Waals surface area contributed by atoms with Gasteiger partial charge in [0, 0.05) is 41.2 Å². The lowest BCUT2D eigenvalue weighted by Gasteiger charge is -2.27. The maximum atomic E-state index is 13.2. The van der Waals surface area contributed by atoms with Crippen molar-refractivity contribution < 1.29 is 18.7 Å². The Morgan fingerprint density at radius 3 is 2.79 bits per heavy atom.